The third-order valence-corrected chi connectivity index (χ3v) is 2.99. The number of nitrogens with one attached hydrogen (secondary N) is 2. The summed E-state index contributed by atoms with van der Waals surface area (Å²) in [6.45, 7) is 5.29. The maximum Gasteiger partial charge on any atom is 0.117 e. The van der Waals surface area contributed by atoms with Crippen molar-refractivity contribution in [1.29, 1.82) is 0 Å². The lowest BCUT2D eigenvalue weighted by molar-refractivity contribution is 0.473. The van der Waals surface area contributed by atoms with Gasteiger partial charge in [-0.05, 0) is 24.5 Å². The highest BCUT2D eigenvalue weighted by Gasteiger charge is 2.17. The van der Waals surface area contributed by atoms with Gasteiger partial charge in [0.1, 0.15) is 5.75 Å². The Morgan fingerprint density at radius 3 is 3.06 bits per heavy atom. The van der Waals surface area contributed by atoms with Crippen molar-refractivity contribution in [3.63, 3.8) is 0 Å². The summed E-state index contributed by atoms with van der Waals surface area (Å²) in [6.07, 6.45) is 2.24. The van der Waals surface area contributed by atoms with Crippen LogP contribution in [0.1, 0.15) is 25.8 Å². The first kappa shape index (κ1) is 11.3. The van der Waals surface area contributed by atoms with Crippen molar-refractivity contribution in [2.75, 3.05) is 11.9 Å². The van der Waals surface area contributed by atoms with Gasteiger partial charge in [-0.3, -0.25) is 0 Å². The average Bonchev–Trinajstić information content (AvgIpc) is 2.25. The molecule has 1 aliphatic rings. The molecule has 1 aromatic rings. The molecule has 3 N–H and O–H groups in total. The largest absolute Gasteiger partial charge is 0.508 e. The zero-order valence-corrected chi connectivity index (χ0v) is 9.96. The van der Waals surface area contributed by atoms with Crippen LogP contribution in [0.3, 0.4) is 0 Å². The van der Waals surface area contributed by atoms with Crippen molar-refractivity contribution in [3.8, 4) is 5.75 Å². The van der Waals surface area contributed by atoms with Crippen molar-refractivity contribution in [2.24, 2.45) is 0 Å². The first-order valence-corrected chi connectivity index (χ1v) is 5.97. The minimum Gasteiger partial charge on any atom is -0.508 e. The predicted octanol–water partition coefficient (Wildman–Crippen LogP) is 2.12. The molecule has 0 aliphatic carbocycles. The molecule has 0 bridgehead atoms. The van der Waals surface area contributed by atoms with E-state index in [0.29, 0.717) is 17.8 Å². The fraction of sp³-hybridized carbons (Fsp3) is 0.538. The molecule has 88 valence electrons. The lowest BCUT2D eigenvalue weighted by Gasteiger charge is -2.28. The van der Waals surface area contributed by atoms with Gasteiger partial charge in [-0.25, -0.2) is 0 Å². The van der Waals surface area contributed by atoms with Gasteiger partial charge in [0.2, 0.25) is 0 Å². The monoisotopic (exact) mass is 220 g/mol. The quantitative estimate of drug-likeness (QED) is 0.731. The summed E-state index contributed by atoms with van der Waals surface area (Å²) in [5.74, 6) is 0.337. The highest BCUT2D eigenvalue weighted by atomic mass is 16.3. The Labute approximate surface area is 96.9 Å². The molecule has 1 atom stereocenters. The van der Waals surface area contributed by atoms with E-state index in [0.717, 1.165) is 25.1 Å². The van der Waals surface area contributed by atoms with E-state index in [4.69, 9.17) is 0 Å². The smallest absolute Gasteiger partial charge is 0.117 e. The highest BCUT2D eigenvalue weighted by Crippen LogP contribution is 2.27. The number of hydrogen-bond donors (Lipinski definition) is 3. The highest BCUT2D eigenvalue weighted by molar-refractivity contribution is 5.57. The molecular formula is C13H20N2O. The van der Waals surface area contributed by atoms with Crippen molar-refractivity contribution in [3.05, 3.63) is 23.8 Å². The molecule has 16 heavy (non-hydrogen) atoms. The molecule has 0 amide bonds. The molecule has 0 saturated carbocycles. The van der Waals surface area contributed by atoms with Crippen LogP contribution >= 0.6 is 0 Å². The van der Waals surface area contributed by atoms with Crippen LogP contribution in [-0.4, -0.2) is 23.7 Å². The van der Waals surface area contributed by atoms with E-state index in [-0.39, 0.29) is 0 Å². The number of fused-ring (bicyclic) bond motifs is 1. The van der Waals surface area contributed by atoms with Crippen molar-refractivity contribution < 1.29 is 5.11 Å². The molecular weight excluding hydrogens is 200 g/mol. The number of rotatable bonds is 3. The standard InChI is InChI=1S/C13H20N2O/c1-9(2)14-8-11-5-3-10-4-6-12(16)7-13(10)15-11/h4,6-7,9,11,14-16H,3,5,8H2,1-2H3. The van der Waals surface area contributed by atoms with Gasteiger partial charge in [0, 0.05) is 30.4 Å². The number of phenols is 1. The molecule has 0 spiro atoms. The van der Waals surface area contributed by atoms with E-state index in [2.05, 4.69) is 24.5 Å². The van der Waals surface area contributed by atoms with E-state index in [1.54, 1.807) is 6.07 Å². The summed E-state index contributed by atoms with van der Waals surface area (Å²) in [4.78, 5) is 0. The number of hydrogen-bond acceptors (Lipinski definition) is 3. The summed E-state index contributed by atoms with van der Waals surface area (Å²) >= 11 is 0. The maximum atomic E-state index is 9.44. The number of aromatic hydroxyl groups is 1. The van der Waals surface area contributed by atoms with Crippen LogP contribution in [0.2, 0.25) is 0 Å². The Morgan fingerprint density at radius 1 is 1.50 bits per heavy atom. The van der Waals surface area contributed by atoms with E-state index < -0.39 is 0 Å². The summed E-state index contributed by atoms with van der Waals surface area (Å²) in [7, 11) is 0. The Kier molecular flexibility index (Phi) is 3.34. The lowest BCUT2D eigenvalue weighted by atomic mass is 9.98. The molecule has 0 radical (unpaired) electrons. The van der Waals surface area contributed by atoms with Crippen LogP contribution in [0.15, 0.2) is 18.2 Å². The summed E-state index contributed by atoms with van der Waals surface area (Å²) < 4.78 is 0. The topological polar surface area (TPSA) is 44.3 Å². The van der Waals surface area contributed by atoms with Gasteiger partial charge < -0.3 is 15.7 Å². The normalized spacial score (nSPS) is 19.3. The number of benzene rings is 1. The first-order chi connectivity index (χ1) is 7.65. The fourth-order valence-electron chi connectivity index (χ4n) is 2.07. The second kappa shape index (κ2) is 4.74. The zero-order chi connectivity index (χ0) is 11.5. The van der Waals surface area contributed by atoms with Crippen LogP contribution in [0, 0.1) is 0 Å². The number of aryl methyl sites for hydroxylation is 1. The third-order valence-electron chi connectivity index (χ3n) is 2.99. The van der Waals surface area contributed by atoms with Crippen LogP contribution in [-0.2, 0) is 6.42 Å². The fourth-order valence-corrected chi connectivity index (χ4v) is 2.07. The molecule has 1 heterocycles. The Hall–Kier alpha value is -1.22. The molecule has 2 rings (SSSR count). The molecule has 1 unspecified atom stereocenters. The Balaban J connectivity index is 1.99. The van der Waals surface area contributed by atoms with E-state index in [9.17, 15) is 5.11 Å². The molecule has 3 heteroatoms. The SMILES string of the molecule is CC(C)NCC1CCc2ccc(O)cc2N1. The molecule has 1 aliphatic heterocycles. The predicted molar refractivity (Wildman–Crippen MR) is 67.0 cm³/mol. The Bertz CT molecular complexity index is 363. The molecule has 0 saturated heterocycles. The number of anilines is 1. The van der Waals surface area contributed by atoms with Gasteiger partial charge in [-0.1, -0.05) is 19.9 Å². The lowest BCUT2D eigenvalue weighted by Crippen LogP contribution is -2.38. The van der Waals surface area contributed by atoms with E-state index >= 15 is 0 Å². The first-order valence-electron chi connectivity index (χ1n) is 5.97. The van der Waals surface area contributed by atoms with Crippen molar-refractivity contribution in [2.45, 2.75) is 38.8 Å². The van der Waals surface area contributed by atoms with Gasteiger partial charge >= 0.3 is 0 Å². The summed E-state index contributed by atoms with van der Waals surface area (Å²) in [6, 6.07) is 6.57. The minimum atomic E-state index is 0.337. The second-order valence-electron chi connectivity index (χ2n) is 4.78. The van der Waals surface area contributed by atoms with Crippen LogP contribution in [0.5, 0.6) is 5.75 Å². The van der Waals surface area contributed by atoms with Gasteiger partial charge in [-0.15, -0.1) is 0 Å². The molecule has 1 aromatic carbocycles. The van der Waals surface area contributed by atoms with Crippen LogP contribution in [0.25, 0.3) is 0 Å². The molecule has 3 nitrogen and oxygen atoms in total. The van der Waals surface area contributed by atoms with Gasteiger partial charge in [0.15, 0.2) is 0 Å². The van der Waals surface area contributed by atoms with Gasteiger partial charge in [0.25, 0.3) is 0 Å². The zero-order valence-electron chi connectivity index (χ0n) is 9.96. The number of phenolic OH excluding ortho intramolecular Hbond substituents is 1. The van der Waals surface area contributed by atoms with Gasteiger partial charge in [-0.2, -0.15) is 0 Å². The van der Waals surface area contributed by atoms with Crippen LogP contribution in [0.4, 0.5) is 5.69 Å². The van der Waals surface area contributed by atoms with Gasteiger partial charge in [0.05, 0.1) is 0 Å². The third kappa shape index (κ3) is 2.67. The van der Waals surface area contributed by atoms with E-state index in [1.165, 1.54) is 5.56 Å². The van der Waals surface area contributed by atoms with Crippen molar-refractivity contribution in [1.82, 2.24) is 5.32 Å². The second-order valence-corrected chi connectivity index (χ2v) is 4.78. The van der Waals surface area contributed by atoms with Crippen LogP contribution < -0.4 is 10.6 Å². The summed E-state index contributed by atoms with van der Waals surface area (Å²) in [5.41, 5.74) is 2.39. The molecule has 0 fully saturated rings. The Morgan fingerprint density at radius 2 is 2.31 bits per heavy atom. The maximum absolute atomic E-state index is 9.44. The average molecular weight is 220 g/mol. The molecule has 0 aromatic heterocycles. The van der Waals surface area contributed by atoms with E-state index in [1.807, 2.05) is 12.1 Å². The summed E-state index contributed by atoms with van der Waals surface area (Å²) in [5, 5.41) is 16.3. The van der Waals surface area contributed by atoms with Crippen molar-refractivity contribution >= 4 is 5.69 Å². The minimum absolute atomic E-state index is 0.337.